The van der Waals surface area contributed by atoms with Crippen LogP contribution >= 0.6 is 0 Å². The summed E-state index contributed by atoms with van der Waals surface area (Å²) < 4.78 is 6.87. The lowest BCUT2D eigenvalue weighted by atomic mass is 9.83. The van der Waals surface area contributed by atoms with E-state index in [9.17, 15) is 14.9 Å². The van der Waals surface area contributed by atoms with Crippen molar-refractivity contribution in [2.24, 2.45) is 0 Å². The van der Waals surface area contributed by atoms with Gasteiger partial charge in [0, 0.05) is 16.5 Å². The molecular weight excluding hydrogens is 312 g/mol. The summed E-state index contributed by atoms with van der Waals surface area (Å²) in [5, 5.41) is 18.5. The first-order chi connectivity index (χ1) is 11.4. The number of hydrogen-bond acceptors (Lipinski definition) is 5. The lowest BCUT2D eigenvalue weighted by Gasteiger charge is -2.27. The number of rotatable bonds is 4. The molecule has 2 atom stereocenters. The van der Waals surface area contributed by atoms with Crippen LogP contribution in [-0.2, 0) is 4.79 Å². The summed E-state index contributed by atoms with van der Waals surface area (Å²) >= 11 is 0. The first-order valence-electron chi connectivity index (χ1n) is 7.59. The van der Waals surface area contributed by atoms with Crippen LogP contribution in [-0.4, -0.2) is 33.8 Å². The second kappa shape index (κ2) is 5.95. The zero-order chi connectivity index (χ0) is 17.4. The third-order valence-corrected chi connectivity index (χ3v) is 4.15. The number of nitrogens with one attached hydrogen (secondary N) is 1. The molecule has 0 bridgehead atoms. The Balaban J connectivity index is 2.19. The Morgan fingerprint density at radius 1 is 1.42 bits per heavy atom. The van der Waals surface area contributed by atoms with Crippen molar-refractivity contribution in [3.63, 3.8) is 0 Å². The number of hydrogen-bond donors (Lipinski definition) is 1. The molecule has 1 amide bonds. The van der Waals surface area contributed by atoms with E-state index in [2.05, 4.69) is 10.4 Å². The Labute approximate surface area is 138 Å². The molecule has 0 aliphatic carbocycles. The molecule has 8 heteroatoms. The average molecular weight is 330 g/mol. The molecule has 0 saturated heterocycles. The van der Waals surface area contributed by atoms with Gasteiger partial charge in [-0.3, -0.25) is 14.9 Å². The number of aromatic nitrogens is 2. The number of nitro groups is 1. The van der Waals surface area contributed by atoms with E-state index >= 15 is 0 Å². The van der Waals surface area contributed by atoms with Gasteiger partial charge in [-0.2, -0.15) is 5.10 Å². The molecule has 1 N–H and O–H groups in total. The van der Waals surface area contributed by atoms with Crippen molar-refractivity contribution in [1.29, 1.82) is 0 Å². The second-order valence-electron chi connectivity index (χ2n) is 5.96. The smallest absolute Gasteiger partial charge is 0.301 e. The maximum atomic E-state index is 12.4. The summed E-state index contributed by atoms with van der Waals surface area (Å²) in [4.78, 5) is 23.4. The number of carbonyl (C=O) groups excluding carboxylic acids is 1. The number of ether oxygens (including phenoxy) is 1. The monoisotopic (exact) mass is 330 g/mol. The van der Waals surface area contributed by atoms with Crippen LogP contribution in [0, 0.1) is 10.1 Å². The topological polar surface area (TPSA) is 99.3 Å². The van der Waals surface area contributed by atoms with Gasteiger partial charge in [-0.05, 0) is 31.5 Å². The number of methoxy groups -OCH3 is 1. The standard InChI is InChI=1S/C16H18N4O4/c1-9(2)19-15-12(8-17-19)13(14(20(22)23)16(21)18-15)10-5-4-6-11(7-10)24-3/h4-9,13-14H,1-3H3,(H,18,21)/t13-,14-/m0/s1. The van der Waals surface area contributed by atoms with Crippen LogP contribution in [0.3, 0.4) is 0 Å². The molecule has 2 heterocycles. The molecule has 0 fully saturated rings. The molecule has 0 unspecified atom stereocenters. The van der Waals surface area contributed by atoms with Gasteiger partial charge in [0.15, 0.2) is 0 Å². The van der Waals surface area contributed by atoms with Crippen molar-refractivity contribution in [1.82, 2.24) is 9.78 Å². The fourth-order valence-electron chi connectivity index (χ4n) is 3.05. The predicted molar refractivity (Wildman–Crippen MR) is 86.9 cm³/mol. The van der Waals surface area contributed by atoms with Gasteiger partial charge in [-0.1, -0.05) is 12.1 Å². The summed E-state index contributed by atoms with van der Waals surface area (Å²) in [6.07, 6.45) is 1.59. The van der Waals surface area contributed by atoms with Crippen LogP contribution in [0.25, 0.3) is 0 Å². The number of amides is 1. The number of benzene rings is 1. The number of carbonyl (C=O) groups is 1. The molecule has 1 aromatic heterocycles. The molecule has 8 nitrogen and oxygen atoms in total. The molecule has 0 radical (unpaired) electrons. The van der Waals surface area contributed by atoms with Crippen molar-refractivity contribution in [3.8, 4) is 5.75 Å². The van der Waals surface area contributed by atoms with Gasteiger partial charge in [0.2, 0.25) is 0 Å². The average Bonchev–Trinajstić information content (AvgIpc) is 2.96. The van der Waals surface area contributed by atoms with Gasteiger partial charge in [0.1, 0.15) is 11.6 Å². The fourth-order valence-corrected chi connectivity index (χ4v) is 3.05. The summed E-state index contributed by atoms with van der Waals surface area (Å²) in [6.45, 7) is 3.86. The Morgan fingerprint density at radius 3 is 2.79 bits per heavy atom. The highest BCUT2D eigenvalue weighted by Gasteiger charge is 2.47. The molecule has 0 saturated carbocycles. The van der Waals surface area contributed by atoms with Crippen molar-refractivity contribution in [2.45, 2.75) is 31.8 Å². The van der Waals surface area contributed by atoms with E-state index < -0.39 is 22.8 Å². The largest absolute Gasteiger partial charge is 0.497 e. The highest BCUT2D eigenvalue weighted by Crippen LogP contribution is 2.40. The first kappa shape index (κ1) is 16.0. The lowest BCUT2D eigenvalue weighted by molar-refractivity contribution is -0.509. The molecule has 1 aliphatic rings. The summed E-state index contributed by atoms with van der Waals surface area (Å²) in [6, 6.07) is 5.60. The Hall–Kier alpha value is -2.90. The highest BCUT2D eigenvalue weighted by molar-refractivity contribution is 5.97. The molecule has 0 spiro atoms. The van der Waals surface area contributed by atoms with Gasteiger partial charge < -0.3 is 10.1 Å². The number of fused-ring (bicyclic) bond motifs is 1. The lowest BCUT2D eigenvalue weighted by Crippen LogP contribution is -2.44. The second-order valence-corrected chi connectivity index (χ2v) is 5.96. The molecule has 126 valence electrons. The van der Waals surface area contributed by atoms with Crippen LogP contribution in [0.1, 0.15) is 36.9 Å². The molecule has 1 aromatic carbocycles. The SMILES string of the molecule is COc1cccc([C@H]2c3cnn(C(C)C)c3NC(=O)[C@H]2[N+](=O)[O-])c1. The molecule has 1 aliphatic heterocycles. The van der Waals surface area contributed by atoms with E-state index in [1.165, 1.54) is 7.11 Å². The van der Waals surface area contributed by atoms with Crippen LogP contribution < -0.4 is 10.1 Å². The van der Waals surface area contributed by atoms with Crippen molar-refractivity contribution in [3.05, 3.63) is 51.7 Å². The van der Waals surface area contributed by atoms with Gasteiger partial charge in [0.25, 0.3) is 0 Å². The number of anilines is 1. The van der Waals surface area contributed by atoms with E-state index in [0.717, 1.165) is 0 Å². The molecule has 2 aromatic rings. The molecule has 24 heavy (non-hydrogen) atoms. The Kier molecular flexibility index (Phi) is 3.96. The van der Waals surface area contributed by atoms with Gasteiger partial charge in [0.05, 0.1) is 19.2 Å². The first-order valence-corrected chi connectivity index (χ1v) is 7.59. The van der Waals surface area contributed by atoms with E-state index in [0.29, 0.717) is 22.7 Å². The maximum absolute atomic E-state index is 12.4. The van der Waals surface area contributed by atoms with Crippen LogP contribution in [0.4, 0.5) is 5.82 Å². The minimum absolute atomic E-state index is 0.0205. The summed E-state index contributed by atoms with van der Waals surface area (Å²) in [5.74, 6) is -0.256. The summed E-state index contributed by atoms with van der Waals surface area (Å²) in [5.41, 5.74) is 1.29. The third-order valence-electron chi connectivity index (χ3n) is 4.15. The van der Waals surface area contributed by atoms with Crippen LogP contribution in [0.5, 0.6) is 5.75 Å². The maximum Gasteiger partial charge on any atom is 0.301 e. The molecular formula is C16H18N4O4. The Morgan fingerprint density at radius 2 is 2.17 bits per heavy atom. The zero-order valence-corrected chi connectivity index (χ0v) is 13.6. The number of nitrogens with zero attached hydrogens (tertiary/aromatic N) is 3. The predicted octanol–water partition coefficient (Wildman–Crippen LogP) is 2.20. The van der Waals surface area contributed by atoms with E-state index in [4.69, 9.17) is 4.74 Å². The highest BCUT2D eigenvalue weighted by atomic mass is 16.6. The zero-order valence-electron chi connectivity index (χ0n) is 13.6. The van der Waals surface area contributed by atoms with Crippen molar-refractivity contribution in [2.75, 3.05) is 12.4 Å². The molecule has 3 rings (SSSR count). The van der Waals surface area contributed by atoms with E-state index in [1.807, 2.05) is 13.8 Å². The van der Waals surface area contributed by atoms with Gasteiger partial charge in [-0.25, -0.2) is 4.68 Å². The van der Waals surface area contributed by atoms with Gasteiger partial charge in [-0.15, -0.1) is 0 Å². The Bertz CT molecular complexity index is 799. The van der Waals surface area contributed by atoms with Crippen molar-refractivity contribution >= 4 is 11.7 Å². The minimum Gasteiger partial charge on any atom is -0.497 e. The quantitative estimate of drug-likeness (QED) is 0.684. The third kappa shape index (κ3) is 2.49. The summed E-state index contributed by atoms with van der Waals surface area (Å²) in [7, 11) is 1.53. The minimum atomic E-state index is -1.41. The van der Waals surface area contributed by atoms with E-state index in [-0.39, 0.29) is 6.04 Å². The fraction of sp³-hybridized carbons (Fsp3) is 0.375. The van der Waals surface area contributed by atoms with Crippen LogP contribution in [0.15, 0.2) is 30.5 Å². The normalized spacial score (nSPS) is 19.8. The van der Waals surface area contributed by atoms with E-state index in [1.54, 1.807) is 35.1 Å². The van der Waals surface area contributed by atoms with Gasteiger partial charge >= 0.3 is 11.9 Å². The van der Waals surface area contributed by atoms with Crippen LogP contribution in [0.2, 0.25) is 0 Å². The van der Waals surface area contributed by atoms with Crippen molar-refractivity contribution < 1.29 is 14.5 Å².